The molecule has 3 rings (SSSR count). The van der Waals surface area contributed by atoms with E-state index in [4.69, 9.17) is 16.3 Å². The van der Waals surface area contributed by atoms with Gasteiger partial charge in [0.2, 0.25) is 5.91 Å². The lowest BCUT2D eigenvalue weighted by Gasteiger charge is -2.18. The second-order valence-corrected chi connectivity index (χ2v) is 5.92. The standard InChI is InChI=1S/C18H17ClN2O3/c1-12(22)20-17-15-4-2-3-5-16(15)21(18(17)23)10-11-24-14-8-6-13(19)7-9-14/h2-9,17H,10-11H2,1H3,(H,20,22)/t17-/m0/s1. The predicted molar refractivity (Wildman–Crippen MR) is 92.3 cm³/mol. The number of rotatable bonds is 5. The molecule has 1 N–H and O–H groups in total. The van der Waals surface area contributed by atoms with Crippen LogP contribution in [0.15, 0.2) is 48.5 Å². The van der Waals surface area contributed by atoms with Gasteiger partial charge < -0.3 is 15.0 Å². The van der Waals surface area contributed by atoms with E-state index in [1.165, 1.54) is 6.92 Å². The lowest BCUT2D eigenvalue weighted by Crippen LogP contribution is -2.38. The number of carbonyl (C=O) groups excluding carboxylic acids is 2. The summed E-state index contributed by atoms with van der Waals surface area (Å²) in [5.74, 6) is 0.311. The van der Waals surface area contributed by atoms with E-state index in [-0.39, 0.29) is 11.8 Å². The Morgan fingerprint density at radius 1 is 1.21 bits per heavy atom. The van der Waals surface area contributed by atoms with Crippen LogP contribution in [-0.4, -0.2) is 25.0 Å². The van der Waals surface area contributed by atoms with Gasteiger partial charge in [-0.25, -0.2) is 0 Å². The smallest absolute Gasteiger partial charge is 0.254 e. The van der Waals surface area contributed by atoms with E-state index in [1.807, 2.05) is 24.3 Å². The molecule has 1 heterocycles. The first-order chi connectivity index (χ1) is 11.6. The van der Waals surface area contributed by atoms with E-state index in [2.05, 4.69) is 5.32 Å². The second kappa shape index (κ2) is 6.93. The first-order valence-corrected chi connectivity index (χ1v) is 8.00. The quantitative estimate of drug-likeness (QED) is 0.907. The highest BCUT2D eigenvalue weighted by molar-refractivity contribution is 6.30. The van der Waals surface area contributed by atoms with Gasteiger partial charge in [-0.15, -0.1) is 0 Å². The van der Waals surface area contributed by atoms with Gasteiger partial charge in [-0.3, -0.25) is 9.59 Å². The number of carbonyl (C=O) groups is 2. The summed E-state index contributed by atoms with van der Waals surface area (Å²) in [5, 5.41) is 3.35. The molecular weight excluding hydrogens is 328 g/mol. The molecule has 2 amide bonds. The molecule has 1 atom stereocenters. The summed E-state index contributed by atoms with van der Waals surface area (Å²) < 4.78 is 5.66. The van der Waals surface area contributed by atoms with Gasteiger partial charge in [0.15, 0.2) is 0 Å². The number of nitrogens with zero attached hydrogens (tertiary/aromatic N) is 1. The van der Waals surface area contributed by atoms with Crippen LogP contribution in [-0.2, 0) is 9.59 Å². The molecular formula is C18H17ClN2O3. The molecule has 0 bridgehead atoms. The summed E-state index contributed by atoms with van der Waals surface area (Å²) in [5.41, 5.74) is 1.62. The molecule has 2 aromatic carbocycles. The third-order valence-electron chi connectivity index (χ3n) is 3.80. The van der Waals surface area contributed by atoms with Gasteiger partial charge in [0.1, 0.15) is 18.4 Å². The molecule has 1 aliphatic heterocycles. The van der Waals surface area contributed by atoms with Crippen LogP contribution >= 0.6 is 11.6 Å². The largest absolute Gasteiger partial charge is 0.492 e. The van der Waals surface area contributed by atoms with Crippen LogP contribution in [0.2, 0.25) is 5.02 Å². The van der Waals surface area contributed by atoms with Crippen molar-refractivity contribution >= 4 is 29.1 Å². The second-order valence-electron chi connectivity index (χ2n) is 5.48. The lowest BCUT2D eigenvalue weighted by molar-refractivity contribution is -0.126. The fraction of sp³-hybridized carbons (Fsp3) is 0.222. The van der Waals surface area contributed by atoms with Crippen LogP contribution in [0.1, 0.15) is 18.5 Å². The Morgan fingerprint density at radius 3 is 2.62 bits per heavy atom. The maximum absolute atomic E-state index is 12.6. The predicted octanol–water partition coefficient (Wildman–Crippen LogP) is 2.94. The third kappa shape index (κ3) is 3.36. The summed E-state index contributed by atoms with van der Waals surface area (Å²) in [7, 11) is 0. The third-order valence-corrected chi connectivity index (χ3v) is 4.05. The highest BCUT2D eigenvalue weighted by Gasteiger charge is 2.37. The van der Waals surface area contributed by atoms with Gasteiger partial charge in [0, 0.05) is 23.2 Å². The molecule has 0 spiro atoms. The zero-order valence-corrected chi connectivity index (χ0v) is 13.9. The zero-order chi connectivity index (χ0) is 17.1. The number of para-hydroxylation sites is 1. The topological polar surface area (TPSA) is 58.6 Å². The van der Waals surface area contributed by atoms with Crippen molar-refractivity contribution in [3.05, 3.63) is 59.1 Å². The summed E-state index contributed by atoms with van der Waals surface area (Å²) in [4.78, 5) is 25.6. The molecule has 0 fully saturated rings. The number of hydrogen-bond donors (Lipinski definition) is 1. The molecule has 0 aliphatic carbocycles. The van der Waals surface area contributed by atoms with Crippen molar-refractivity contribution in [2.45, 2.75) is 13.0 Å². The Bertz CT molecular complexity index is 761. The van der Waals surface area contributed by atoms with Gasteiger partial charge >= 0.3 is 0 Å². The van der Waals surface area contributed by atoms with E-state index >= 15 is 0 Å². The lowest BCUT2D eigenvalue weighted by atomic mass is 10.1. The van der Waals surface area contributed by atoms with Crippen LogP contribution in [0.25, 0.3) is 0 Å². The zero-order valence-electron chi connectivity index (χ0n) is 13.2. The number of halogens is 1. The van der Waals surface area contributed by atoms with Crippen LogP contribution in [0, 0.1) is 0 Å². The van der Waals surface area contributed by atoms with Crippen molar-refractivity contribution in [2.75, 3.05) is 18.1 Å². The van der Waals surface area contributed by atoms with Crippen LogP contribution < -0.4 is 15.0 Å². The molecule has 0 aromatic heterocycles. The van der Waals surface area contributed by atoms with Crippen molar-refractivity contribution in [1.82, 2.24) is 5.32 Å². The van der Waals surface area contributed by atoms with Crippen molar-refractivity contribution in [3.8, 4) is 5.75 Å². The van der Waals surface area contributed by atoms with Gasteiger partial charge in [-0.05, 0) is 30.3 Å². The van der Waals surface area contributed by atoms with Crippen molar-refractivity contribution < 1.29 is 14.3 Å². The van der Waals surface area contributed by atoms with Gasteiger partial charge in [0.25, 0.3) is 5.91 Å². The first-order valence-electron chi connectivity index (χ1n) is 7.62. The average Bonchev–Trinajstić information content (AvgIpc) is 2.82. The number of nitrogens with one attached hydrogen (secondary N) is 1. The molecule has 0 saturated heterocycles. The molecule has 124 valence electrons. The maximum Gasteiger partial charge on any atom is 0.254 e. The van der Waals surface area contributed by atoms with Crippen LogP contribution in [0.4, 0.5) is 5.69 Å². The Kier molecular flexibility index (Phi) is 4.71. The number of amides is 2. The normalized spacial score (nSPS) is 16.0. The molecule has 6 heteroatoms. The molecule has 0 saturated carbocycles. The molecule has 1 aliphatic rings. The van der Waals surface area contributed by atoms with Gasteiger partial charge in [-0.1, -0.05) is 29.8 Å². The summed E-state index contributed by atoms with van der Waals surface area (Å²) in [6.45, 7) is 2.14. The Hall–Kier alpha value is -2.53. The molecule has 0 unspecified atom stereocenters. The molecule has 0 radical (unpaired) electrons. The first kappa shape index (κ1) is 16.3. The Labute approximate surface area is 145 Å². The summed E-state index contributed by atoms with van der Waals surface area (Å²) >= 11 is 5.84. The minimum absolute atomic E-state index is 0.147. The number of anilines is 1. The summed E-state index contributed by atoms with van der Waals surface area (Å²) in [6, 6.07) is 13.9. The fourth-order valence-electron chi connectivity index (χ4n) is 2.74. The SMILES string of the molecule is CC(=O)N[C@@H]1C(=O)N(CCOc2ccc(Cl)cc2)c2ccccc21. The van der Waals surface area contributed by atoms with E-state index < -0.39 is 6.04 Å². The van der Waals surface area contributed by atoms with Crippen molar-refractivity contribution in [2.24, 2.45) is 0 Å². The Balaban J connectivity index is 1.70. The molecule has 24 heavy (non-hydrogen) atoms. The summed E-state index contributed by atoms with van der Waals surface area (Å²) in [6.07, 6.45) is 0. The highest BCUT2D eigenvalue weighted by atomic mass is 35.5. The van der Waals surface area contributed by atoms with Gasteiger partial charge in [-0.2, -0.15) is 0 Å². The number of fused-ring (bicyclic) bond motifs is 1. The van der Waals surface area contributed by atoms with E-state index in [9.17, 15) is 9.59 Å². The number of benzene rings is 2. The minimum Gasteiger partial charge on any atom is -0.492 e. The highest BCUT2D eigenvalue weighted by Crippen LogP contribution is 2.35. The Morgan fingerprint density at radius 2 is 1.92 bits per heavy atom. The van der Waals surface area contributed by atoms with E-state index in [0.717, 1.165) is 11.3 Å². The van der Waals surface area contributed by atoms with E-state index in [1.54, 1.807) is 29.2 Å². The molecule has 2 aromatic rings. The molecule has 5 nitrogen and oxygen atoms in total. The minimum atomic E-state index is -0.630. The number of hydrogen-bond acceptors (Lipinski definition) is 3. The van der Waals surface area contributed by atoms with Crippen molar-refractivity contribution in [3.63, 3.8) is 0 Å². The monoisotopic (exact) mass is 344 g/mol. The van der Waals surface area contributed by atoms with Crippen molar-refractivity contribution in [1.29, 1.82) is 0 Å². The average molecular weight is 345 g/mol. The van der Waals surface area contributed by atoms with Crippen LogP contribution in [0.5, 0.6) is 5.75 Å². The van der Waals surface area contributed by atoms with Gasteiger partial charge in [0.05, 0.1) is 6.54 Å². The fourth-order valence-corrected chi connectivity index (χ4v) is 2.87. The van der Waals surface area contributed by atoms with Crippen LogP contribution in [0.3, 0.4) is 0 Å². The van der Waals surface area contributed by atoms with E-state index in [0.29, 0.717) is 23.9 Å². The number of ether oxygens (including phenoxy) is 1. The maximum atomic E-state index is 12.6.